The Morgan fingerprint density at radius 3 is 2.59 bits per heavy atom. The van der Waals surface area contributed by atoms with Gasteiger partial charge in [0, 0.05) is 32.7 Å². The summed E-state index contributed by atoms with van der Waals surface area (Å²) < 4.78 is 5.08. The lowest BCUT2D eigenvalue weighted by Gasteiger charge is -2.33. The Hall–Kier alpha value is -1.04. The van der Waals surface area contributed by atoms with Gasteiger partial charge < -0.3 is 14.4 Å². The van der Waals surface area contributed by atoms with Gasteiger partial charge in [-0.3, -0.25) is 9.69 Å². The molecular formula is C11H17ClN2O3. The molecule has 2 rings (SSSR count). The van der Waals surface area contributed by atoms with Crippen LogP contribution in [0.4, 0.5) is 0 Å². The fraction of sp³-hybridized carbons (Fsp3) is 0.545. The zero-order valence-corrected chi connectivity index (χ0v) is 10.4. The molecule has 0 aromatic carbocycles. The van der Waals surface area contributed by atoms with Crippen molar-refractivity contribution in [1.29, 1.82) is 0 Å². The molecule has 0 aliphatic carbocycles. The fourth-order valence-corrected chi connectivity index (χ4v) is 1.87. The second-order valence-corrected chi connectivity index (χ2v) is 3.83. The van der Waals surface area contributed by atoms with Crippen LogP contribution in [0.25, 0.3) is 0 Å². The van der Waals surface area contributed by atoms with Gasteiger partial charge >= 0.3 is 0 Å². The maximum atomic E-state index is 11.9. The van der Waals surface area contributed by atoms with Gasteiger partial charge in [0.1, 0.15) is 0 Å². The van der Waals surface area contributed by atoms with Crippen molar-refractivity contribution in [3.63, 3.8) is 0 Å². The second-order valence-electron chi connectivity index (χ2n) is 3.83. The van der Waals surface area contributed by atoms with Crippen molar-refractivity contribution in [3.05, 3.63) is 24.2 Å². The van der Waals surface area contributed by atoms with Crippen LogP contribution < -0.4 is 0 Å². The Morgan fingerprint density at radius 1 is 1.35 bits per heavy atom. The minimum Gasteiger partial charge on any atom is -0.459 e. The van der Waals surface area contributed by atoms with E-state index < -0.39 is 0 Å². The van der Waals surface area contributed by atoms with E-state index in [-0.39, 0.29) is 24.9 Å². The number of rotatable bonds is 3. The molecule has 1 amide bonds. The van der Waals surface area contributed by atoms with Crippen LogP contribution in [-0.2, 0) is 0 Å². The number of aliphatic hydroxyl groups excluding tert-OH is 1. The molecular weight excluding hydrogens is 244 g/mol. The number of furan rings is 1. The van der Waals surface area contributed by atoms with E-state index in [1.54, 1.807) is 17.0 Å². The van der Waals surface area contributed by atoms with E-state index in [2.05, 4.69) is 4.90 Å². The quantitative estimate of drug-likeness (QED) is 0.858. The van der Waals surface area contributed by atoms with Crippen LogP contribution in [0.1, 0.15) is 10.6 Å². The number of carbonyl (C=O) groups is 1. The van der Waals surface area contributed by atoms with Gasteiger partial charge in [0.15, 0.2) is 5.76 Å². The first-order chi connectivity index (χ1) is 7.81. The minimum absolute atomic E-state index is 0. The second kappa shape index (κ2) is 6.64. The molecule has 1 aromatic heterocycles. The normalized spacial score (nSPS) is 16.6. The Bertz CT molecular complexity index is 334. The molecule has 0 unspecified atom stereocenters. The third-order valence-electron chi connectivity index (χ3n) is 2.81. The van der Waals surface area contributed by atoms with Gasteiger partial charge in [-0.05, 0) is 12.1 Å². The third kappa shape index (κ3) is 3.46. The number of nitrogens with zero attached hydrogens (tertiary/aromatic N) is 2. The summed E-state index contributed by atoms with van der Waals surface area (Å²) in [5.41, 5.74) is 0. The molecule has 1 saturated heterocycles. The largest absolute Gasteiger partial charge is 0.459 e. The van der Waals surface area contributed by atoms with Gasteiger partial charge in [-0.15, -0.1) is 12.4 Å². The molecule has 1 N–H and O–H groups in total. The summed E-state index contributed by atoms with van der Waals surface area (Å²) >= 11 is 0. The molecule has 5 nitrogen and oxygen atoms in total. The van der Waals surface area contributed by atoms with Crippen LogP contribution in [0.5, 0.6) is 0 Å². The zero-order chi connectivity index (χ0) is 11.4. The van der Waals surface area contributed by atoms with Crippen LogP contribution in [0.15, 0.2) is 22.8 Å². The Balaban J connectivity index is 0.00000144. The highest BCUT2D eigenvalue weighted by atomic mass is 35.5. The lowest BCUT2D eigenvalue weighted by Crippen LogP contribution is -2.49. The molecule has 1 aromatic rings. The predicted molar refractivity (Wildman–Crippen MR) is 65.4 cm³/mol. The fourth-order valence-electron chi connectivity index (χ4n) is 1.87. The Morgan fingerprint density at radius 2 is 2.06 bits per heavy atom. The first-order valence-electron chi connectivity index (χ1n) is 5.47. The zero-order valence-electron chi connectivity index (χ0n) is 9.54. The molecule has 1 fully saturated rings. The SMILES string of the molecule is Cl.O=C(c1ccco1)N1CCN(CCO)CC1. The molecule has 0 saturated carbocycles. The van der Waals surface area contributed by atoms with Crippen molar-refractivity contribution in [2.24, 2.45) is 0 Å². The minimum atomic E-state index is -0.0475. The van der Waals surface area contributed by atoms with E-state index in [0.717, 1.165) is 13.1 Å². The van der Waals surface area contributed by atoms with Crippen LogP contribution in [0.2, 0.25) is 0 Å². The lowest BCUT2D eigenvalue weighted by molar-refractivity contribution is 0.0585. The number of aliphatic hydroxyl groups is 1. The van der Waals surface area contributed by atoms with Gasteiger partial charge in [0.25, 0.3) is 5.91 Å². The lowest BCUT2D eigenvalue weighted by atomic mass is 10.3. The molecule has 0 bridgehead atoms. The summed E-state index contributed by atoms with van der Waals surface area (Å²) in [7, 11) is 0. The van der Waals surface area contributed by atoms with Crippen molar-refractivity contribution in [3.8, 4) is 0 Å². The van der Waals surface area contributed by atoms with E-state index >= 15 is 0 Å². The summed E-state index contributed by atoms with van der Waals surface area (Å²) in [6.07, 6.45) is 1.51. The average Bonchev–Trinajstić information content (AvgIpc) is 2.83. The molecule has 1 aliphatic heterocycles. The average molecular weight is 261 g/mol. The van der Waals surface area contributed by atoms with E-state index in [1.807, 2.05) is 0 Å². The smallest absolute Gasteiger partial charge is 0.289 e. The van der Waals surface area contributed by atoms with Crippen LogP contribution >= 0.6 is 12.4 Å². The van der Waals surface area contributed by atoms with Crippen LogP contribution in [-0.4, -0.2) is 60.1 Å². The van der Waals surface area contributed by atoms with Crippen molar-refractivity contribution in [2.75, 3.05) is 39.3 Å². The summed E-state index contributed by atoms with van der Waals surface area (Å²) in [5.74, 6) is 0.351. The van der Waals surface area contributed by atoms with Crippen molar-refractivity contribution < 1.29 is 14.3 Å². The molecule has 6 heteroatoms. The molecule has 0 atom stereocenters. The molecule has 96 valence electrons. The van der Waals surface area contributed by atoms with Crippen LogP contribution in [0, 0.1) is 0 Å². The monoisotopic (exact) mass is 260 g/mol. The van der Waals surface area contributed by atoms with Gasteiger partial charge in [-0.2, -0.15) is 0 Å². The first-order valence-corrected chi connectivity index (χ1v) is 5.47. The van der Waals surface area contributed by atoms with E-state index in [9.17, 15) is 4.79 Å². The maximum absolute atomic E-state index is 11.9. The third-order valence-corrected chi connectivity index (χ3v) is 2.81. The molecule has 0 radical (unpaired) electrons. The maximum Gasteiger partial charge on any atom is 0.289 e. The van der Waals surface area contributed by atoms with Crippen molar-refractivity contribution in [1.82, 2.24) is 9.80 Å². The number of carbonyl (C=O) groups excluding carboxylic acids is 1. The van der Waals surface area contributed by atoms with E-state index in [0.29, 0.717) is 25.4 Å². The topological polar surface area (TPSA) is 56.9 Å². The Labute approximate surface area is 106 Å². The van der Waals surface area contributed by atoms with Gasteiger partial charge in [-0.25, -0.2) is 0 Å². The van der Waals surface area contributed by atoms with Gasteiger partial charge in [0.05, 0.1) is 12.9 Å². The number of β-amino-alcohol motifs (C(OH)–C–C–N with tert-alkyl or cyclic N) is 1. The molecule has 1 aliphatic rings. The highest BCUT2D eigenvalue weighted by Gasteiger charge is 2.22. The molecule has 0 spiro atoms. The summed E-state index contributed by atoms with van der Waals surface area (Å²) in [4.78, 5) is 15.8. The van der Waals surface area contributed by atoms with Gasteiger partial charge in [-0.1, -0.05) is 0 Å². The Kier molecular flexibility index (Phi) is 5.47. The summed E-state index contributed by atoms with van der Waals surface area (Å²) in [6.45, 7) is 3.87. The van der Waals surface area contributed by atoms with Crippen LogP contribution in [0.3, 0.4) is 0 Å². The highest BCUT2D eigenvalue weighted by molar-refractivity contribution is 5.91. The standard InChI is InChI=1S/C11H16N2O3.ClH/c14-8-7-12-3-5-13(6-4-12)11(15)10-2-1-9-16-10;/h1-2,9,14H,3-8H2;1H. The number of piperazine rings is 1. The first kappa shape index (κ1) is 14.0. The number of hydrogen-bond donors (Lipinski definition) is 1. The molecule has 17 heavy (non-hydrogen) atoms. The number of halogens is 1. The highest BCUT2D eigenvalue weighted by Crippen LogP contribution is 2.08. The van der Waals surface area contributed by atoms with E-state index in [1.165, 1.54) is 6.26 Å². The van der Waals surface area contributed by atoms with Gasteiger partial charge in [0.2, 0.25) is 0 Å². The summed E-state index contributed by atoms with van der Waals surface area (Å²) in [5, 5.41) is 8.81. The predicted octanol–water partition coefficient (Wildman–Crippen LogP) is 0.452. The number of amides is 1. The van der Waals surface area contributed by atoms with E-state index in [4.69, 9.17) is 9.52 Å². The van der Waals surface area contributed by atoms with Crippen molar-refractivity contribution in [2.45, 2.75) is 0 Å². The number of hydrogen-bond acceptors (Lipinski definition) is 4. The molecule has 2 heterocycles. The summed E-state index contributed by atoms with van der Waals surface area (Å²) in [6, 6.07) is 3.40. The van der Waals surface area contributed by atoms with Crippen molar-refractivity contribution >= 4 is 18.3 Å².